The van der Waals surface area contributed by atoms with Gasteiger partial charge in [0.15, 0.2) is 0 Å². The normalized spacial score (nSPS) is 12.3. The molecular formula is C39H28O6. The van der Waals surface area contributed by atoms with Crippen molar-refractivity contribution in [1.29, 1.82) is 0 Å². The van der Waals surface area contributed by atoms with Gasteiger partial charge in [-0.1, -0.05) is 109 Å². The van der Waals surface area contributed by atoms with Gasteiger partial charge < -0.3 is 19.7 Å². The van der Waals surface area contributed by atoms with Crippen LogP contribution in [0.2, 0.25) is 0 Å². The minimum Gasteiger partial charge on any atom is -0.460 e. The second-order valence-electron chi connectivity index (χ2n) is 11.7. The van der Waals surface area contributed by atoms with Crippen molar-refractivity contribution < 1.29 is 29.3 Å². The van der Waals surface area contributed by atoms with Crippen molar-refractivity contribution in [2.75, 3.05) is 13.2 Å². The van der Waals surface area contributed by atoms with Gasteiger partial charge >= 0.3 is 11.9 Å². The minimum atomic E-state index is -2.27. The summed E-state index contributed by atoms with van der Waals surface area (Å²) < 4.78 is 11.3. The standard InChI is InChI=1S/C39H28O6/c40-21-39(22-41,37(42)44-19-29-13-11-27-9-7-23-3-1-5-25-15-17-31(29)35(27)33(23)25)38(43)45-20-30-14-12-28-10-8-24-4-2-6-26-16-18-32(30)36(28)34(24)26/h1-18,40-41H,19-22H2. The second-order valence-corrected chi connectivity index (χ2v) is 11.7. The highest BCUT2D eigenvalue weighted by atomic mass is 16.6. The van der Waals surface area contributed by atoms with Gasteiger partial charge in [0.25, 0.3) is 0 Å². The Balaban J connectivity index is 1.06. The van der Waals surface area contributed by atoms with Crippen LogP contribution in [0.25, 0.3) is 64.6 Å². The molecule has 8 rings (SSSR count). The number of esters is 2. The van der Waals surface area contributed by atoms with E-state index in [1.807, 2.05) is 60.7 Å². The first kappa shape index (κ1) is 27.3. The maximum Gasteiger partial charge on any atom is 0.328 e. The predicted octanol–water partition coefficient (Wildman–Crippen LogP) is 7.24. The van der Waals surface area contributed by atoms with Crippen molar-refractivity contribution in [2.45, 2.75) is 13.2 Å². The lowest BCUT2D eigenvalue weighted by Crippen LogP contribution is -2.48. The summed E-state index contributed by atoms with van der Waals surface area (Å²) >= 11 is 0. The van der Waals surface area contributed by atoms with E-state index in [-0.39, 0.29) is 13.2 Å². The molecule has 2 N–H and O–H groups in total. The Morgan fingerprint density at radius 3 is 1.18 bits per heavy atom. The van der Waals surface area contributed by atoms with E-state index >= 15 is 0 Å². The van der Waals surface area contributed by atoms with E-state index in [1.165, 1.54) is 0 Å². The molecule has 6 nitrogen and oxygen atoms in total. The van der Waals surface area contributed by atoms with Gasteiger partial charge in [-0.2, -0.15) is 0 Å². The first-order chi connectivity index (χ1) is 22.0. The Morgan fingerprint density at radius 2 is 0.800 bits per heavy atom. The summed E-state index contributed by atoms with van der Waals surface area (Å²) in [6, 6.07) is 36.5. The van der Waals surface area contributed by atoms with E-state index in [0.29, 0.717) is 0 Å². The van der Waals surface area contributed by atoms with Crippen molar-refractivity contribution in [2.24, 2.45) is 5.41 Å². The van der Waals surface area contributed by atoms with E-state index in [9.17, 15) is 19.8 Å². The number of hydrogen-bond donors (Lipinski definition) is 2. The molecule has 0 heterocycles. The predicted molar refractivity (Wildman–Crippen MR) is 176 cm³/mol. The average Bonchev–Trinajstić information content (AvgIpc) is 3.09. The Bertz CT molecular complexity index is 2210. The zero-order chi connectivity index (χ0) is 30.7. The van der Waals surface area contributed by atoms with E-state index in [1.54, 1.807) is 0 Å². The number of benzene rings is 8. The van der Waals surface area contributed by atoms with Gasteiger partial charge in [-0.25, -0.2) is 0 Å². The van der Waals surface area contributed by atoms with Crippen LogP contribution in [0, 0.1) is 5.41 Å². The second kappa shape index (κ2) is 10.4. The summed E-state index contributed by atoms with van der Waals surface area (Å²) in [5.41, 5.74) is -0.769. The van der Waals surface area contributed by atoms with Gasteiger partial charge in [0, 0.05) is 0 Å². The third-order valence-corrected chi connectivity index (χ3v) is 9.28. The van der Waals surface area contributed by atoms with Gasteiger partial charge in [-0.15, -0.1) is 0 Å². The molecule has 0 unspecified atom stereocenters. The van der Waals surface area contributed by atoms with Crippen LogP contribution in [-0.4, -0.2) is 35.4 Å². The largest absolute Gasteiger partial charge is 0.460 e. The molecule has 0 saturated carbocycles. The molecule has 0 amide bonds. The minimum absolute atomic E-state index is 0.142. The van der Waals surface area contributed by atoms with Crippen LogP contribution in [0.1, 0.15) is 11.1 Å². The number of ether oxygens (including phenoxy) is 2. The maximum atomic E-state index is 13.4. The molecular weight excluding hydrogens is 564 g/mol. The summed E-state index contributed by atoms with van der Waals surface area (Å²) in [6.07, 6.45) is 0. The molecule has 6 heteroatoms. The molecule has 0 fully saturated rings. The van der Waals surface area contributed by atoms with Crippen molar-refractivity contribution >= 4 is 76.6 Å². The molecule has 0 spiro atoms. The van der Waals surface area contributed by atoms with Crippen LogP contribution in [0.4, 0.5) is 0 Å². The van der Waals surface area contributed by atoms with Crippen LogP contribution in [0.15, 0.2) is 109 Å². The molecule has 0 aromatic heterocycles. The molecule has 8 aromatic carbocycles. The fourth-order valence-electron chi connectivity index (χ4n) is 6.80. The zero-order valence-corrected chi connectivity index (χ0v) is 24.2. The van der Waals surface area contributed by atoms with Crippen LogP contribution >= 0.6 is 0 Å². The zero-order valence-electron chi connectivity index (χ0n) is 24.2. The highest BCUT2D eigenvalue weighted by Crippen LogP contribution is 2.38. The van der Waals surface area contributed by atoms with E-state index in [4.69, 9.17) is 9.47 Å². The number of hydrogen-bond acceptors (Lipinski definition) is 6. The van der Waals surface area contributed by atoms with Gasteiger partial charge in [-0.05, 0) is 75.8 Å². The molecule has 220 valence electrons. The molecule has 0 bridgehead atoms. The Kier molecular flexibility index (Phi) is 6.31. The maximum absolute atomic E-state index is 13.4. The SMILES string of the molecule is O=C(OCc1ccc2ccc3cccc4ccc1c2c34)C(CO)(CO)C(=O)OCc1ccc2ccc3cccc4ccc1c2c34. The molecule has 0 atom stereocenters. The summed E-state index contributed by atoms with van der Waals surface area (Å²) in [5, 5.41) is 33.4. The number of carbonyl (C=O) groups is 2. The third kappa shape index (κ3) is 4.10. The summed E-state index contributed by atoms with van der Waals surface area (Å²) in [4.78, 5) is 26.8. The monoisotopic (exact) mass is 592 g/mol. The van der Waals surface area contributed by atoms with E-state index < -0.39 is 30.6 Å². The van der Waals surface area contributed by atoms with Crippen LogP contribution in [0.5, 0.6) is 0 Å². The molecule has 0 aliphatic carbocycles. The topological polar surface area (TPSA) is 93.1 Å². The summed E-state index contributed by atoms with van der Waals surface area (Å²) in [5.74, 6) is -2.09. The van der Waals surface area contributed by atoms with E-state index in [0.717, 1.165) is 75.8 Å². The fourth-order valence-corrected chi connectivity index (χ4v) is 6.80. The smallest absolute Gasteiger partial charge is 0.328 e. The first-order valence-corrected chi connectivity index (χ1v) is 14.9. The molecule has 0 aliphatic rings. The average molecular weight is 593 g/mol. The highest BCUT2D eigenvalue weighted by Gasteiger charge is 2.49. The molecule has 0 saturated heterocycles. The van der Waals surface area contributed by atoms with Gasteiger partial charge in [0.1, 0.15) is 13.2 Å². The molecule has 8 aromatic rings. The lowest BCUT2D eigenvalue weighted by molar-refractivity contribution is -0.180. The summed E-state index contributed by atoms with van der Waals surface area (Å²) in [6.45, 7) is -2.20. The number of aliphatic hydroxyl groups is 2. The Morgan fingerprint density at radius 1 is 0.467 bits per heavy atom. The number of carbonyl (C=O) groups excluding carboxylic acids is 2. The van der Waals surface area contributed by atoms with Crippen molar-refractivity contribution in [3.05, 3.63) is 120 Å². The van der Waals surface area contributed by atoms with Crippen LogP contribution < -0.4 is 0 Å². The van der Waals surface area contributed by atoms with Crippen molar-refractivity contribution in [3.8, 4) is 0 Å². The third-order valence-electron chi connectivity index (χ3n) is 9.28. The Hall–Kier alpha value is -5.30. The van der Waals surface area contributed by atoms with Gasteiger partial charge in [-0.3, -0.25) is 9.59 Å². The number of aliphatic hydroxyl groups excluding tert-OH is 2. The number of rotatable bonds is 8. The van der Waals surface area contributed by atoms with Crippen molar-refractivity contribution in [3.63, 3.8) is 0 Å². The lowest BCUT2D eigenvalue weighted by atomic mass is 9.90. The van der Waals surface area contributed by atoms with Crippen molar-refractivity contribution in [1.82, 2.24) is 0 Å². The van der Waals surface area contributed by atoms with Crippen LogP contribution in [-0.2, 0) is 32.3 Å². The van der Waals surface area contributed by atoms with E-state index in [2.05, 4.69) is 48.5 Å². The fraction of sp³-hybridized carbons (Fsp3) is 0.128. The lowest BCUT2D eigenvalue weighted by Gasteiger charge is -2.25. The Labute approximate surface area is 257 Å². The highest BCUT2D eigenvalue weighted by molar-refractivity contribution is 6.24. The van der Waals surface area contributed by atoms with Crippen LogP contribution in [0.3, 0.4) is 0 Å². The molecule has 0 radical (unpaired) electrons. The van der Waals surface area contributed by atoms with Gasteiger partial charge in [0.2, 0.25) is 5.41 Å². The molecule has 45 heavy (non-hydrogen) atoms. The summed E-state index contributed by atoms with van der Waals surface area (Å²) in [7, 11) is 0. The van der Waals surface area contributed by atoms with Gasteiger partial charge in [0.05, 0.1) is 13.2 Å². The molecule has 0 aliphatic heterocycles. The quantitative estimate of drug-likeness (QED) is 0.110. The first-order valence-electron chi connectivity index (χ1n) is 14.9.